The van der Waals surface area contributed by atoms with Gasteiger partial charge in [-0.3, -0.25) is 14.4 Å². The van der Waals surface area contributed by atoms with Crippen molar-refractivity contribution in [3.05, 3.63) is 30.4 Å². The van der Waals surface area contributed by atoms with Gasteiger partial charge in [-0.2, -0.15) is 0 Å². The van der Waals surface area contributed by atoms with Gasteiger partial charge in [0.25, 0.3) is 5.67 Å². The van der Waals surface area contributed by atoms with E-state index in [9.17, 15) is 24.0 Å². The number of nitrogens with zero attached hydrogens (tertiary/aromatic N) is 3. The number of aromatic nitrogens is 2. The van der Waals surface area contributed by atoms with Crippen molar-refractivity contribution in [1.82, 2.24) is 14.5 Å². The lowest BCUT2D eigenvalue weighted by Crippen LogP contribution is -2.61. The van der Waals surface area contributed by atoms with E-state index in [0.717, 1.165) is 11.5 Å². The van der Waals surface area contributed by atoms with E-state index in [1.54, 1.807) is 20.8 Å². The number of methoxy groups -OCH3 is 1. The first kappa shape index (κ1) is 41.9. The highest BCUT2D eigenvalue weighted by Crippen LogP contribution is 2.39. The molecule has 11 atom stereocenters. The Morgan fingerprint density at radius 3 is 2.31 bits per heavy atom. The molecule has 286 valence electrons. The third-order valence-electron chi connectivity index (χ3n) is 9.95. The van der Waals surface area contributed by atoms with Gasteiger partial charge >= 0.3 is 18.0 Å². The number of carbonyl (C=O) groups is 5. The van der Waals surface area contributed by atoms with Crippen LogP contribution in [0.5, 0.6) is 0 Å². The normalized spacial score (nSPS) is 37.3. The van der Waals surface area contributed by atoms with Crippen LogP contribution in [-0.2, 0) is 47.6 Å². The molecule has 3 heterocycles. The number of likely N-dealkylation sites (N-methyl/N-ethyl adjacent to an activating group) is 1. The number of ketones is 2. The Morgan fingerprint density at radius 1 is 1.14 bits per heavy atom. The van der Waals surface area contributed by atoms with Gasteiger partial charge in [-0.1, -0.05) is 20.8 Å². The lowest BCUT2D eigenvalue weighted by Gasteiger charge is -2.47. The number of carbonyl (C=O) groups excluding carboxylic acids is 5. The molecule has 0 aromatic carbocycles. The molecule has 15 heteroatoms. The van der Waals surface area contributed by atoms with E-state index in [4.69, 9.17) is 28.4 Å². The summed E-state index contributed by atoms with van der Waals surface area (Å²) in [6, 6.07) is -0.348. The monoisotopic (exact) mass is 723 g/mol. The Labute approximate surface area is 299 Å². The number of alkyl halides is 1. The first-order chi connectivity index (χ1) is 23.6. The summed E-state index contributed by atoms with van der Waals surface area (Å²) in [5.41, 5.74) is -6.30. The third kappa shape index (κ3) is 9.29. The Morgan fingerprint density at radius 2 is 1.78 bits per heavy atom. The van der Waals surface area contributed by atoms with Crippen LogP contribution in [0.4, 0.5) is 9.18 Å². The van der Waals surface area contributed by atoms with Crippen LogP contribution in [0.15, 0.2) is 30.4 Å². The van der Waals surface area contributed by atoms with Gasteiger partial charge in [0.15, 0.2) is 29.6 Å². The second-order valence-corrected chi connectivity index (χ2v) is 14.5. The number of ether oxygens (including phenoxy) is 6. The van der Waals surface area contributed by atoms with Gasteiger partial charge in [-0.05, 0) is 79.6 Å². The third-order valence-corrected chi connectivity index (χ3v) is 9.95. The van der Waals surface area contributed by atoms with E-state index in [0.29, 0.717) is 6.42 Å². The first-order valence-electron chi connectivity index (χ1n) is 17.2. The van der Waals surface area contributed by atoms with Gasteiger partial charge in [-0.15, -0.1) is 0 Å². The lowest BCUT2D eigenvalue weighted by molar-refractivity contribution is -0.298. The quantitative estimate of drug-likeness (QED) is 0.224. The van der Waals surface area contributed by atoms with Crippen LogP contribution in [0.2, 0.25) is 0 Å². The number of halogens is 1. The summed E-state index contributed by atoms with van der Waals surface area (Å²) in [4.78, 5) is 72.9. The minimum Gasteiger partial charge on any atom is -0.455 e. The van der Waals surface area contributed by atoms with Gasteiger partial charge in [0, 0.05) is 38.3 Å². The number of esters is 2. The molecule has 0 spiro atoms. The molecule has 2 aliphatic rings. The summed E-state index contributed by atoms with van der Waals surface area (Å²) >= 11 is 0. The maximum Gasteiger partial charge on any atom is 0.420 e. The fraction of sp³-hybridized carbons (Fsp3) is 0.722. The van der Waals surface area contributed by atoms with E-state index in [2.05, 4.69) is 4.98 Å². The molecular weight excluding hydrogens is 669 g/mol. The highest BCUT2D eigenvalue weighted by molar-refractivity contribution is 6.08. The van der Waals surface area contributed by atoms with Crippen LogP contribution in [-0.4, -0.2) is 119 Å². The van der Waals surface area contributed by atoms with E-state index >= 15 is 4.39 Å². The molecule has 0 amide bonds. The molecule has 1 saturated heterocycles. The molecule has 51 heavy (non-hydrogen) atoms. The maximum atomic E-state index is 16.7. The van der Waals surface area contributed by atoms with Crippen LogP contribution in [0.3, 0.4) is 0 Å². The number of imidazole rings is 1. The van der Waals surface area contributed by atoms with Gasteiger partial charge in [0.05, 0.1) is 23.9 Å². The number of hydrogen-bond acceptors (Lipinski definition) is 13. The maximum absolute atomic E-state index is 16.7. The van der Waals surface area contributed by atoms with Crippen molar-refractivity contribution in [2.75, 3.05) is 21.2 Å². The van der Waals surface area contributed by atoms with Crippen molar-refractivity contribution in [1.29, 1.82) is 0 Å². The molecule has 1 aromatic rings. The van der Waals surface area contributed by atoms with Gasteiger partial charge in [0.1, 0.15) is 12.4 Å². The van der Waals surface area contributed by atoms with Gasteiger partial charge in [-0.25, -0.2) is 23.5 Å². The summed E-state index contributed by atoms with van der Waals surface area (Å²) in [5, 5.41) is 0. The van der Waals surface area contributed by atoms with Crippen LogP contribution >= 0.6 is 0 Å². The summed E-state index contributed by atoms with van der Waals surface area (Å²) in [6.45, 7) is 13.2. The molecule has 0 N–H and O–H groups in total. The van der Waals surface area contributed by atoms with Crippen molar-refractivity contribution in [3.63, 3.8) is 0 Å². The number of hydrogen-bond donors (Lipinski definition) is 0. The average Bonchev–Trinajstić information content (AvgIpc) is 3.60. The molecule has 11 unspecified atom stereocenters. The summed E-state index contributed by atoms with van der Waals surface area (Å²) in [5.74, 6) is -5.83. The van der Waals surface area contributed by atoms with Crippen LogP contribution in [0.1, 0.15) is 81.6 Å². The average molecular weight is 724 g/mol. The molecule has 14 nitrogen and oxygen atoms in total. The van der Waals surface area contributed by atoms with E-state index in [1.165, 1.54) is 59.6 Å². The van der Waals surface area contributed by atoms with Crippen molar-refractivity contribution in [2.45, 2.75) is 135 Å². The molecule has 2 aliphatic heterocycles. The van der Waals surface area contributed by atoms with Crippen molar-refractivity contribution >= 4 is 29.6 Å². The smallest absolute Gasteiger partial charge is 0.420 e. The van der Waals surface area contributed by atoms with Gasteiger partial charge in [0.2, 0.25) is 0 Å². The van der Waals surface area contributed by atoms with Crippen molar-refractivity contribution in [2.24, 2.45) is 11.8 Å². The Kier molecular flexibility index (Phi) is 13.5. The predicted octanol–water partition coefficient (Wildman–Crippen LogP) is 4.22. The lowest BCUT2D eigenvalue weighted by atomic mass is 9.76. The number of allylic oxidation sites excluding steroid dienone is 1. The predicted molar refractivity (Wildman–Crippen MR) is 181 cm³/mol. The molecular formula is C36H54FN3O11. The zero-order chi connectivity index (χ0) is 38.6. The molecule has 0 bridgehead atoms. The number of rotatable bonds is 7. The topological polar surface area (TPSA) is 162 Å². The fourth-order valence-electron chi connectivity index (χ4n) is 7.11. The van der Waals surface area contributed by atoms with Crippen LogP contribution in [0.25, 0.3) is 0 Å². The fourth-order valence-corrected chi connectivity index (χ4v) is 7.11. The van der Waals surface area contributed by atoms with Crippen molar-refractivity contribution < 1.29 is 56.8 Å². The molecule has 0 aliphatic carbocycles. The van der Waals surface area contributed by atoms with E-state index in [1.807, 2.05) is 25.9 Å². The standard InChI is InChI=1S/C36H54FN3O11/c1-13-26-34(7,51-33(45)40-15-14-38-19-40)17-20(2)27(42)21(3)18-35(8,46-12)30(23(5)29(43)36(9,37)32(44)49-26)50-31-28(48-24(6)41)25(39(10)11)16-22(4)47-31/h14-15,17,19,21-23,25-26,28,30-31H,13,16,18H2,1-12H3. The Hall–Kier alpha value is -3.53. The second kappa shape index (κ2) is 16.4. The summed E-state index contributed by atoms with van der Waals surface area (Å²) in [7, 11) is 5.01. The number of Topliss-reactive ketones (excluding diaryl/α,β-unsaturated/α-hetero) is 2. The molecule has 0 saturated carbocycles. The summed E-state index contributed by atoms with van der Waals surface area (Å²) in [6.07, 6.45) is -0.343. The molecule has 1 aromatic heterocycles. The Balaban J connectivity index is 2.18. The minimum atomic E-state index is -3.22. The second-order valence-electron chi connectivity index (χ2n) is 14.5. The van der Waals surface area contributed by atoms with Crippen LogP contribution < -0.4 is 0 Å². The zero-order valence-electron chi connectivity index (χ0n) is 31.8. The van der Waals surface area contributed by atoms with E-state index in [-0.39, 0.29) is 36.3 Å². The number of cyclic esters (lactones) is 1. The van der Waals surface area contributed by atoms with Crippen LogP contribution in [0, 0.1) is 11.8 Å². The zero-order valence-corrected chi connectivity index (χ0v) is 31.8. The molecule has 0 radical (unpaired) electrons. The van der Waals surface area contributed by atoms with Gasteiger partial charge < -0.3 is 33.3 Å². The SMILES string of the molecule is CCC1OC(=O)C(C)(F)C(=O)C(C)C(OC2OC(C)CC(N(C)C)C2OC(C)=O)C(C)(OC)CC(C)C(=O)C(C)=CC1(C)OC(=O)n1ccnc1. The summed E-state index contributed by atoms with van der Waals surface area (Å²) < 4.78 is 53.6. The Bertz CT molecular complexity index is 1460. The molecule has 1 fully saturated rings. The largest absolute Gasteiger partial charge is 0.455 e. The minimum absolute atomic E-state index is 0.0159. The highest BCUT2D eigenvalue weighted by Gasteiger charge is 2.55. The molecule has 3 rings (SSSR count). The highest BCUT2D eigenvalue weighted by atomic mass is 19.1. The first-order valence-corrected chi connectivity index (χ1v) is 17.2. The van der Waals surface area contributed by atoms with Crippen molar-refractivity contribution in [3.8, 4) is 0 Å². The van der Waals surface area contributed by atoms with E-state index < -0.39 is 77.1 Å².